The highest BCUT2D eigenvalue weighted by molar-refractivity contribution is 7.89. The van der Waals surface area contributed by atoms with Crippen molar-refractivity contribution >= 4 is 21.1 Å². The molecule has 0 bridgehead atoms. The Morgan fingerprint density at radius 2 is 1.85 bits per heavy atom. The highest BCUT2D eigenvalue weighted by atomic mass is 32.2. The molecular weight excluding hydrogens is 350 g/mol. The molecule has 1 aliphatic rings. The molecule has 2 heterocycles. The van der Waals surface area contributed by atoms with Gasteiger partial charge in [-0.3, -0.25) is 0 Å². The number of sulfonamides is 1. The fraction of sp³-hybridized carbons (Fsp3) is 0.316. The van der Waals surface area contributed by atoms with E-state index in [0.717, 1.165) is 23.3 Å². The fourth-order valence-electron chi connectivity index (χ4n) is 3.58. The van der Waals surface area contributed by atoms with E-state index in [1.165, 1.54) is 0 Å². The molecule has 0 radical (unpaired) electrons. The topological polar surface area (TPSA) is 64.4 Å². The Balaban J connectivity index is 1.60. The average molecular weight is 371 g/mol. The van der Waals surface area contributed by atoms with Crippen molar-refractivity contribution in [3.8, 4) is 5.75 Å². The van der Waals surface area contributed by atoms with E-state index in [-0.39, 0.29) is 5.92 Å². The minimum atomic E-state index is -3.51. The molecule has 0 amide bonds. The number of hydrogen-bond donors (Lipinski definition) is 0. The molecule has 26 heavy (non-hydrogen) atoms. The molecule has 1 saturated heterocycles. The van der Waals surface area contributed by atoms with Gasteiger partial charge in [0.1, 0.15) is 11.6 Å². The number of fused-ring (bicyclic) bond motifs is 1. The normalized spacial score (nSPS) is 18.5. The predicted octanol–water partition coefficient (Wildman–Crippen LogP) is 2.76. The van der Waals surface area contributed by atoms with E-state index < -0.39 is 10.0 Å². The second-order valence-electron chi connectivity index (χ2n) is 6.54. The van der Waals surface area contributed by atoms with Crippen molar-refractivity contribution < 1.29 is 13.2 Å². The van der Waals surface area contributed by atoms with Crippen LogP contribution in [0, 0.1) is 0 Å². The van der Waals surface area contributed by atoms with Crippen LogP contribution in [0.3, 0.4) is 0 Å². The van der Waals surface area contributed by atoms with Gasteiger partial charge in [0.25, 0.3) is 0 Å². The molecule has 6 nitrogen and oxygen atoms in total. The van der Waals surface area contributed by atoms with Crippen molar-refractivity contribution in [1.29, 1.82) is 0 Å². The molecule has 2 aromatic carbocycles. The Morgan fingerprint density at radius 3 is 2.54 bits per heavy atom. The highest BCUT2D eigenvalue weighted by Gasteiger charge is 2.35. The van der Waals surface area contributed by atoms with E-state index >= 15 is 0 Å². The number of imidazole rings is 1. The number of hydrogen-bond acceptors (Lipinski definition) is 4. The van der Waals surface area contributed by atoms with Gasteiger partial charge in [-0.25, -0.2) is 13.4 Å². The predicted molar refractivity (Wildman–Crippen MR) is 99.8 cm³/mol. The molecular formula is C19H21N3O3S. The van der Waals surface area contributed by atoms with Gasteiger partial charge in [-0.2, -0.15) is 4.31 Å². The molecule has 1 aromatic heterocycles. The Morgan fingerprint density at radius 1 is 1.12 bits per heavy atom. The molecule has 1 atom stereocenters. The van der Waals surface area contributed by atoms with Gasteiger partial charge in [-0.05, 0) is 42.8 Å². The fourth-order valence-corrected chi connectivity index (χ4v) is 5.08. The number of ether oxygens (including phenoxy) is 1. The van der Waals surface area contributed by atoms with E-state index in [1.54, 1.807) is 35.7 Å². The minimum Gasteiger partial charge on any atom is -0.497 e. The van der Waals surface area contributed by atoms with Crippen molar-refractivity contribution in [2.24, 2.45) is 7.05 Å². The first-order chi connectivity index (χ1) is 12.5. The van der Waals surface area contributed by atoms with Crippen LogP contribution in [0.2, 0.25) is 0 Å². The third-order valence-corrected chi connectivity index (χ3v) is 6.91. The zero-order valence-electron chi connectivity index (χ0n) is 14.8. The number of aryl methyl sites for hydroxylation is 1. The summed E-state index contributed by atoms with van der Waals surface area (Å²) in [6.07, 6.45) is 0.770. The lowest BCUT2D eigenvalue weighted by molar-refractivity contribution is 0.414. The van der Waals surface area contributed by atoms with E-state index in [2.05, 4.69) is 4.57 Å². The van der Waals surface area contributed by atoms with Crippen LogP contribution in [0.15, 0.2) is 53.4 Å². The van der Waals surface area contributed by atoms with Crippen LogP contribution in [0.4, 0.5) is 0 Å². The smallest absolute Gasteiger partial charge is 0.243 e. The first-order valence-corrected chi connectivity index (χ1v) is 10.0. The van der Waals surface area contributed by atoms with E-state index in [1.807, 2.05) is 31.3 Å². The Bertz CT molecular complexity index is 1040. The summed E-state index contributed by atoms with van der Waals surface area (Å²) in [4.78, 5) is 5.03. The Labute approximate surface area is 153 Å². The van der Waals surface area contributed by atoms with Crippen molar-refractivity contribution in [2.45, 2.75) is 17.2 Å². The molecule has 1 aliphatic heterocycles. The second kappa shape index (κ2) is 6.41. The molecule has 136 valence electrons. The number of aromatic nitrogens is 2. The number of rotatable bonds is 4. The maximum Gasteiger partial charge on any atom is 0.243 e. The van der Waals surface area contributed by atoms with Gasteiger partial charge in [0, 0.05) is 26.1 Å². The third-order valence-electron chi connectivity index (χ3n) is 5.04. The second-order valence-corrected chi connectivity index (χ2v) is 8.48. The monoisotopic (exact) mass is 371 g/mol. The molecule has 0 saturated carbocycles. The standard InChI is InChI=1S/C19H21N3O3S/c1-21-18-6-4-3-5-17(18)20-19(21)14-11-12-22(13-14)26(23,24)16-9-7-15(25-2)8-10-16/h3-10,14H,11-13H2,1-2H3/t14-/m0/s1. The molecule has 0 N–H and O–H groups in total. The lowest BCUT2D eigenvalue weighted by atomic mass is 10.1. The van der Waals surface area contributed by atoms with Gasteiger partial charge in [-0.15, -0.1) is 0 Å². The van der Waals surface area contributed by atoms with Crippen molar-refractivity contribution in [1.82, 2.24) is 13.9 Å². The summed E-state index contributed by atoms with van der Waals surface area (Å²) in [6.45, 7) is 0.952. The lowest BCUT2D eigenvalue weighted by Gasteiger charge is -2.17. The van der Waals surface area contributed by atoms with Gasteiger partial charge in [-0.1, -0.05) is 12.1 Å². The molecule has 3 aromatic rings. The molecule has 0 unspecified atom stereocenters. The molecule has 0 spiro atoms. The van der Waals surface area contributed by atoms with Crippen LogP contribution in [-0.2, 0) is 17.1 Å². The zero-order valence-corrected chi connectivity index (χ0v) is 15.6. The van der Waals surface area contributed by atoms with Crippen LogP contribution in [0.5, 0.6) is 5.75 Å². The van der Waals surface area contributed by atoms with E-state index in [0.29, 0.717) is 23.7 Å². The SMILES string of the molecule is COc1ccc(S(=O)(=O)N2CC[C@H](c3nc4ccccc4n3C)C2)cc1. The number of nitrogens with zero attached hydrogens (tertiary/aromatic N) is 3. The van der Waals surface area contributed by atoms with Crippen LogP contribution >= 0.6 is 0 Å². The van der Waals surface area contributed by atoms with E-state index in [4.69, 9.17) is 9.72 Å². The molecule has 7 heteroatoms. The number of para-hydroxylation sites is 2. The minimum absolute atomic E-state index is 0.0976. The van der Waals surface area contributed by atoms with Gasteiger partial charge in [0.05, 0.1) is 23.0 Å². The van der Waals surface area contributed by atoms with Crippen LogP contribution in [0.1, 0.15) is 18.2 Å². The van der Waals surface area contributed by atoms with Crippen LogP contribution in [0.25, 0.3) is 11.0 Å². The maximum atomic E-state index is 12.9. The highest BCUT2D eigenvalue weighted by Crippen LogP contribution is 2.32. The summed E-state index contributed by atoms with van der Waals surface area (Å²) < 4.78 is 34.6. The number of benzene rings is 2. The Hall–Kier alpha value is -2.38. The summed E-state index contributed by atoms with van der Waals surface area (Å²) in [5.74, 6) is 1.68. The number of methoxy groups -OCH3 is 1. The zero-order chi connectivity index (χ0) is 18.3. The molecule has 0 aliphatic carbocycles. The average Bonchev–Trinajstić information content (AvgIpc) is 3.28. The van der Waals surface area contributed by atoms with Crippen LogP contribution in [-0.4, -0.2) is 42.5 Å². The third kappa shape index (κ3) is 2.77. The summed E-state index contributed by atoms with van der Waals surface area (Å²) in [5.41, 5.74) is 2.01. The summed E-state index contributed by atoms with van der Waals surface area (Å²) >= 11 is 0. The van der Waals surface area contributed by atoms with Crippen molar-refractivity contribution in [2.75, 3.05) is 20.2 Å². The van der Waals surface area contributed by atoms with Crippen molar-refractivity contribution in [3.63, 3.8) is 0 Å². The van der Waals surface area contributed by atoms with Gasteiger partial charge in [0.15, 0.2) is 0 Å². The van der Waals surface area contributed by atoms with Gasteiger partial charge in [0.2, 0.25) is 10.0 Å². The summed E-state index contributed by atoms with van der Waals surface area (Å²) in [5, 5.41) is 0. The lowest BCUT2D eigenvalue weighted by Crippen LogP contribution is -2.28. The molecule has 4 rings (SSSR count). The molecule has 1 fully saturated rings. The van der Waals surface area contributed by atoms with E-state index in [9.17, 15) is 8.42 Å². The summed E-state index contributed by atoms with van der Waals surface area (Å²) in [7, 11) is 0.0455. The summed E-state index contributed by atoms with van der Waals surface area (Å²) in [6, 6.07) is 14.5. The Kier molecular flexibility index (Phi) is 4.20. The van der Waals surface area contributed by atoms with Crippen molar-refractivity contribution in [3.05, 3.63) is 54.4 Å². The van der Waals surface area contributed by atoms with Crippen LogP contribution < -0.4 is 4.74 Å². The maximum absolute atomic E-state index is 12.9. The van der Waals surface area contributed by atoms with Gasteiger partial charge < -0.3 is 9.30 Å². The van der Waals surface area contributed by atoms with Gasteiger partial charge >= 0.3 is 0 Å². The first-order valence-electron chi connectivity index (χ1n) is 8.56. The quantitative estimate of drug-likeness (QED) is 0.707. The largest absolute Gasteiger partial charge is 0.497 e. The first kappa shape index (κ1) is 17.1.